The van der Waals surface area contributed by atoms with Crippen molar-refractivity contribution in [2.45, 2.75) is 27.0 Å². The number of thiophene rings is 1. The summed E-state index contributed by atoms with van der Waals surface area (Å²) in [5.74, 6) is 0.873. The molecule has 142 valence electrons. The molecule has 0 atom stereocenters. The quantitative estimate of drug-likeness (QED) is 0.549. The van der Waals surface area contributed by atoms with E-state index in [2.05, 4.69) is 40.9 Å². The third-order valence-electron chi connectivity index (χ3n) is 4.56. The lowest BCUT2D eigenvalue weighted by Gasteiger charge is -2.16. The first-order valence-corrected chi connectivity index (χ1v) is 10.2. The maximum atomic E-state index is 12.7. The van der Waals surface area contributed by atoms with Gasteiger partial charge in [-0.2, -0.15) is 5.10 Å². The summed E-state index contributed by atoms with van der Waals surface area (Å²) in [6, 6.07) is 7.94. The van der Waals surface area contributed by atoms with Crippen LogP contribution in [0.4, 0.5) is 0 Å². The highest BCUT2D eigenvalue weighted by Gasteiger charge is 2.17. The van der Waals surface area contributed by atoms with Crippen molar-refractivity contribution in [2.75, 3.05) is 7.05 Å². The van der Waals surface area contributed by atoms with E-state index in [1.165, 1.54) is 16.9 Å². The third kappa shape index (κ3) is 4.42. The molecule has 0 radical (unpaired) electrons. The summed E-state index contributed by atoms with van der Waals surface area (Å²) in [6.07, 6.45) is 1.74. The molecular formula is C20H22BrN3O2S. The Morgan fingerprint density at radius 2 is 2.15 bits per heavy atom. The fourth-order valence-corrected chi connectivity index (χ4v) is 4.07. The zero-order valence-electron chi connectivity index (χ0n) is 15.8. The van der Waals surface area contributed by atoms with Gasteiger partial charge in [-0.3, -0.25) is 9.48 Å². The number of carbonyl (C=O) groups is 1. The van der Waals surface area contributed by atoms with Gasteiger partial charge in [-0.25, -0.2) is 0 Å². The van der Waals surface area contributed by atoms with E-state index in [1.807, 2.05) is 30.6 Å². The highest BCUT2D eigenvalue weighted by atomic mass is 79.9. The minimum Gasteiger partial charge on any atom is -0.489 e. The molecule has 0 aliphatic carbocycles. The van der Waals surface area contributed by atoms with Crippen LogP contribution in [0.3, 0.4) is 0 Å². The molecule has 0 saturated heterocycles. The van der Waals surface area contributed by atoms with Gasteiger partial charge < -0.3 is 9.64 Å². The van der Waals surface area contributed by atoms with E-state index in [0.717, 1.165) is 27.0 Å². The summed E-state index contributed by atoms with van der Waals surface area (Å²) in [5.41, 5.74) is 4.31. The lowest BCUT2D eigenvalue weighted by Crippen LogP contribution is -2.26. The predicted octanol–water partition coefficient (Wildman–Crippen LogP) is 4.71. The summed E-state index contributed by atoms with van der Waals surface area (Å²) >= 11 is 4.92. The number of amides is 1. The van der Waals surface area contributed by atoms with Gasteiger partial charge in [0.2, 0.25) is 0 Å². The van der Waals surface area contributed by atoms with E-state index < -0.39 is 0 Å². The first kappa shape index (κ1) is 19.6. The number of aromatic nitrogens is 2. The number of hydrogen-bond donors (Lipinski definition) is 0. The number of ether oxygens (including phenoxy) is 1. The normalized spacial score (nSPS) is 10.9. The van der Waals surface area contributed by atoms with Crippen molar-refractivity contribution in [2.24, 2.45) is 7.05 Å². The smallest absolute Gasteiger partial charge is 0.264 e. The summed E-state index contributed by atoms with van der Waals surface area (Å²) in [4.78, 5) is 15.1. The molecular weight excluding hydrogens is 426 g/mol. The Morgan fingerprint density at radius 3 is 2.85 bits per heavy atom. The van der Waals surface area contributed by atoms with Crippen LogP contribution in [0.5, 0.6) is 5.75 Å². The second kappa shape index (κ2) is 8.27. The Bertz CT molecular complexity index is 945. The van der Waals surface area contributed by atoms with E-state index in [0.29, 0.717) is 18.0 Å². The average molecular weight is 448 g/mol. The van der Waals surface area contributed by atoms with Gasteiger partial charge in [-0.05, 0) is 58.4 Å². The molecule has 2 heterocycles. The van der Waals surface area contributed by atoms with Crippen LogP contribution in [-0.4, -0.2) is 27.6 Å². The molecule has 1 amide bonds. The summed E-state index contributed by atoms with van der Waals surface area (Å²) in [5, 5.41) is 6.17. The number of carbonyl (C=O) groups excluding carboxylic acids is 1. The molecule has 5 nitrogen and oxygen atoms in total. The van der Waals surface area contributed by atoms with Crippen molar-refractivity contribution in [3.63, 3.8) is 0 Å². The molecule has 3 aromatic rings. The van der Waals surface area contributed by atoms with Crippen LogP contribution in [0, 0.1) is 13.8 Å². The number of rotatable bonds is 6. The van der Waals surface area contributed by atoms with Crippen LogP contribution in [-0.2, 0) is 20.2 Å². The fraction of sp³-hybridized carbons (Fsp3) is 0.300. The summed E-state index contributed by atoms with van der Waals surface area (Å²) in [6.45, 7) is 5.06. The van der Waals surface area contributed by atoms with Crippen molar-refractivity contribution in [1.29, 1.82) is 0 Å². The Kier molecular flexibility index (Phi) is 6.01. The predicted molar refractivity (Wildman–Crippen MR) is 111 cm³/mol. The highest BCUT2D eigenvalue weighted by molar-refractivity contribution is 9.10. The van der Waals surface area contributed by atoms with Gasteiger partial charge in [0, 0.05) is 19.7 Å². The molecule has 0 aliphatic rings. The fourth-order valence-electron chi connectivity index (χ4n) is 2.70. The largest absolute Gasteiger partial charge is 0.489 e. The molecule has 0 unspecified atom stereocenters. The van der Waals surface area contributed by atoms with Gasteiger partial charge in [0.1, 0.15) is 12.4 Å². The number of halogens is 1. The van der Waals surface area contributed by atoms with Crippen LogP contribution < -0.4 is 4.74 Å². The summed E-state index contributed by atoms with van der Waals surface area (Å²) in [7, 11) is 3.67. The second-order valence-corrected chi connectivity index (χ2v) is 8.30. The van der Waals surface area contributed by atoms with E-state index in [-0.39, 0.29) is 5.91 Å². The van der Waals surface area contributed by atoms with Crippen LogP contribution in [0.25, 0.3) is 0 Å². The van der Waals surface area contributed by atoms with Gasteiger partial charge >= 0.3 is 0 Å². The minimum absolute atomic E-state index is 0.00825. The lowest BCUT2D eigenvalue weighted by atomic mass is 10.1. The van der Waals surface area contributed by atoms with Crippen molar-refractivity contribution >= 4 is 33.2 Å². The molecule has 0 saturated carbocycles. The topological polar surface area (TPSA) is 47.4 Å². The Hall–Kier alpha value is -2.12. The van der Waals surface area contributed by atoms with E-state index >= 15 is 0 Å². The molecule has 7 heteroatoms. The van der Waals surface area contributed by atoms with Gasteiger partial charge in [-0.1, -0.05) is 12.1 Å². The first-order chi connectivity index (χ1) is 12.9. The van der Waals surface area contributed by atoms with Crippen LogP contribution in [0.2, 0.25) is 0 Å². The van der Waals surface area contributed by atoms with Crippen LogP contribution in [0.1, 0.15) is 32.1 Å². The van der Waals surface area contributed by atoms with Gasteiger partial charge in [0.05, 0.1) is 27.8 Å². The van der Waals surface area contributed by atoms with Crippen LogP contribution in [0.15, 0.2) is 40.3 Å². The summed E-state index contributed by atoms with van der Waals surface area (Å²) < 4.78 is 8.61. The molecule has 3 rings (SSSR count). The van der Waals surface area contributed by atoms with Crippen LogP contribution >= 0.6 is 27.3 Å². The van der Waals surface area contributed by atoms with Crippen molar-refractivity contribution in [1.82, 2.24) is 14.7 Å². The molecule has 0 fully saturated rings. The van der Waals surface area contributed by atoms with Crippen molar-refractivity contribution in [3.05, 3.63) is 67.6 Å². The molecule has 0 N–H and O–H groups in total. The van der Waals surface area contributed by atoms with E-state index in [1.54, 1.807) is 22.8 Å². The Morgan fingerprint density at radius 1 is 1.37 bits per heavy atom. The number of hydrogen-bond acceptors (Lipinski definition) is 4. The standard InChI is InChI=1S/C20H22BrN3O2S/c1-13-6-5-7-18(14(13)2)26-11-15-8-19(27-12-15)20(25)23(3)10-17-16(21)9-22-24(17)4/h5-9,12H,10-11H2,1-4H3. The lowest BCUT2D eigenvalue weighted by molar-refractivity contribution is 0.0786. The average Bonchev–Trinajstić information content (AvgIpc) is 3.24. The van der Waals surface area contributed by atoms with E-state index in [4.69, 9.17) is 4.74 Å². The zero-order valence-corrected chi connectivity index (χ0v) is 18.2. The SMILES string of the molecule is Cc1cccc(OCc2csc(C(=O)N(C)Cc3c(Br)cnn3C)c2)c1C. The maximum absolute atomic E-state index is 12.7. The highest BCUT2D eigenvalue weighted by Crippen LogP contribution is 2.24. The number of nitrogens with zero attached hydrogens (tertiary/aromatic N) is 3. The second-order valence-electron chi connectivity index (χ2n) is 6.53. The number of aryl methyl sites for hydroxylation is 2. The molecule has 2 aromatic heterocycles. The molecule has 0 aliphatic heterocycles. The van der Waals surface area contributed by atoms with Crippen molar-refractivity contribution in [3.8, 4) is 5.75 Å². The van der Waals surface area contributed by atoms with Gasteiger partial charge in [0.15, 0.2) is 0 Å². The molecule has 0 bridgehead atoms. The molecule has 0 spiro atoms. The first-order valence-electron chi connectivity index (χ1n) is 8.55. The van der Waals surface area contributed by atoms with E-state index in [9.17, 15) is 4.79 Å². The van der Waals surface area contributed by atoms with Gasteiger partial charge in [-0.15, -0.1) is 11.3 Å². The number of benzene rings is 1. The van der Waals surface area contributed by atoms with Gasteiger partial charge in [0.25, 0.3) is 5.91 Å². The van der Waals surface area contributed by atoms with Crippen molar-refractivity contribution < 1.29 is 9.53 Å². The molecule has 27 heavy (non-hydrogen) atoms. The Labute approximate surface area is 171 Å². The zero-order chi connectivity index (χ0) is 19.6. The Balaban J connectivity index is 1.64. The maximum Gasteiger partial charge on any atom is 0.264 e. The molecule has 1 aromatic carbocycles. The minimum atomic E-state index is -0.00825. The third-order valence-corrected chi connectivity index (χ3v) is 6.19. The monoisotopic (exact) mass is 447 g/mol.